The zero-order valence-electron chi connectivity index (χ0n) is 12.3. The Morgan fingerprint density at radius 2 is 2.30 bits per heavy atom. The van der Waals surface area contributed by atoms with E-state index in [0.29, 0.717) is 6.54 Å². The molecule has 0 aromatic carbocycles. The smallest absolute Gasteiger partial charge is 0.0538 e. The maximum Gasteiger partial charge on any atom is 0.0538 e. The fraction of sp³-hybridized carbons (Fsp3) is 0.533. The van der Waals surface area contributed by atoms with Crippen molar-refractivity contribution >= 4 is 11.3 Å². The fourth-order valence-electron chi connectivity index (χ4n) is 2.44. The molecule has 2 heterocycles. The monoisotopic (exact) mass is 292 g/mol. The number of thiophene rings is 1. The third kappa shape index (κ3) is 3.69. The topological polar surface area (TPSA) is 47.1 Å². The van der Waals surface area contributed by atoms with Crippen LogP contribution in [0.3, 0.4) is 0 Å². The first kappa shape index (κ1) is 15.2. The molecular weight excluding hydrogens is 268 g/mol. The van der Waals surface area contributed by atoms with Gasteiger partial charge in [0.2, 0.25) is 0 Å². The summed E-state index contributed by atoms with van der Waals surface area (Å²) in [5.41, 5.74) is 7.24. The van der Waals surface area contributed by atoms with Crippen LogP contribution >= 0.6 is 11.3 Å². The Morgan fingerprint density at radius 3 is 2.90 bits per heavy atom. The molecule has 5 heteroatoms. The summed E-state index contributed by atoms with van der Waals surface area (Å²) in [6.45, 7) is 7.88. The molecule has 2 rings (SSSR count). The summed E-state index contributed by atoms with van der Waals surface area (Å²) >= 11 is 1.80. The van der Waals surface area contributed by atoms with Crippen LogP contribution in [-0.4, -0.2) is 27.8 Å². The molecule has 0 saturated heterocycles. The third-order valence-electron chi connectivity index (χ3n) is 3.50. The minimum Gasteiger partial charge on any atom is -0.329 e. The van der Waals surface area contributed by atoms with Gasteiger partial charge in [-0.15, -0.1) is 11.3 Å². The van der Waals surface area contributed by atoms with Gasteiger partial charge < -0.3 is 5.73 Å². The van der Waals surface area contributed by atoms with Crippen molar-refractivity contribution in [3.63, 3.8) is 0 Å². The molecule has 1 atom stereocenters. The minimum atomic E-state index is 0.243. The molecule has 0 aliphatic rings. The van der Waals surface area contributed by atoms with Crippen molar-refractivity contribution in [2.24, 2.45) is 5.73 Å². The van der Waals surface area contributed by atoms with Crippen molar-refractivity contribution in [3.05, 3.63) is 40.3 Å². The largest absolute Gasteiger partial charge is 0.329 e. The van der Waals surface area contributed by atoms with Gasteiger partial charge in [0.05, 0.1) is 12.2 Å². The van der Waals surface area contributed by atoms with E-state index in [1.54, 1.807) is 11.3 Å². The molecule has 4 nitrogen and oxygen atoms in total. The predicted molar refractivity (Wildman–Crippen MR) is 84.7 cm³/mol. The molecule has 0 aliphatic heterocycles. The lowest BCUT2D eigenvalue weighted by Crippen LogP contribution is -2.32. The predicted octanol–water partition coefficient (Wildman–Crippen LogP) is 2.88. The number of aryl methyl sites for hydroxylation is 1. The van der Waals surface area contributed by atoms with E-state index >= 15 is 0 Å². The first-order valence-corrected chi connectivity index (χ1v) is 8.15. The minimum absolute atomic E-state index is 0.243. The van der Waals surface area contributed by atoms with Crippen molar-refractivity contribution in [2.75, 3.05) is 13.1 Å². The molecule has 2 aromatic rings. The Hall–Kier alpha value is -1.17. The van der Waals surface area contributed by atoms with Crippen LogP contribution in [0.15, 0.2) is 29.9 Å². The van der Waals surface area contributed by atoms with Gasteiger partial charge in [-0.2, -0.15) is 5.10 Å². The van der Waals surface area contributed by atoms with E-state index in [-0.39, 0.29) is 6.04 Å². The van der Waals surface area contributed by atoms with Gasteiger partial charge in [-0.25, -0.2) is 0 Å². The average molecular weight is 292 g/mol. The molecule has 0 amide bonds. The highest BCUT2D eigenvalue weighted by Gasteiger charge is 2.19. The summed E-state index contributed by atoms with van der Waals surface area (Å²) in [6.07, 6.45) is 5.20. The summed E-state index contributed by atoms with van der Waals surface area (Å²) in [6, 6.07) is 4.53. The SMILES string of the molecule is CCCn1cc(C(CN)N(CC)Cc2cccs2)cn1. The van der Waals surface area contributed by atoms with Gasteiger partial charge >= 0.3 is 0 Å². The van der Waals surface area contributed by atoms with E-state index in [0.717, 1.165) is 26.1 Å². The highest BCUT2D eigenvalue weighted by Crippen LogP contribution is 2.23. The number of nitrogens with zero attached hydrogens (tertiary/aromatic N) is 3. The lowest BCUT2D eigenvalue weighted by atomic mass is 10.1. The van der Waals surface area contributed by atoms with Crippen molar-refractivity contribution in [3.8, 4) is 0 Å². The van der Waals surface area contributed by atoms with Crippen LogP contribution in [0.2, 0.25) is 0 Å². The Kier molecular flexibility index (Phi) is 5.76. The van der Waals surface area contributed by atoms with E-state index in [9.17, 15) is 0 Å². The summed E-state index contributed by atoms with van der Waals surface area (Å²) in [5, 5.41) is 6.55. The van der Waals surface area contributed by atoms with Gasteiger partial charge in [0.15, 0.2) is 0 Å². The molecule has 0 saturated carbocycles. The molecule has 0 fully saturated rings. The Labute approximate surface area is 125 Å². The standard InChI is InChI=1S/C15H24N4S/c1-3-7-19-11-13(10-17-19)15(9-16)18(4-2)12-14-6-5-8-20-14/h5-6,8,10-11,15H,3-4,7,9,12,16H2,1-2H3. The molecule has 1 unspecified atom stereocenters. The molecule has 110 valence electrons. The second-order valence-electron chi connectivity index (χ2n) is 4.93. The fourth-order valence-corrected chi connectivity index (χ4v) is 3.17. The average Bonchev–Trinajstić information content (AvgIpc) is 3.11. The van der Waals surface area contributed by atoms with Crippen LogP contribution in [0, 0.1) is 0 Å². The number of likely N-dealkylation sites (N-methyl/N-ethyl adjacent to an activating group) is 1. The van der Waals surface area contributed by atoms with Crippen LogP contribution in [0.5, 0.6) is 0 Å². The third-order valence-corrected chi connectivity index (χ3v) is 4.36. The van der Waals surface area contributed by atoms with Gasteiger partial charge in [0.1, 0.15) is 0 Å². The molecule has 0 spiro atoms. The summed E-state index contributed by atoms with van der Waals surface area (Å²) < 4.78 is 2.01. The van der Waals surface area contributed by atoms with Crippen LogP contribution < -0.4 is 5.73 Å². The summed E-state index contributed by atoms with van der Waals surface area (Å²) in [4.78, 5) is 3.80. The van der Waals surface area contributed by atoms with Gasteiger partial charge in [0.25, 0.3) is 0 Å². The van der Waals surface area contributed by atoms with Gasteiger partial charge in [-0.1, -0.05) is 19.9 Å². The Balaban J connectivity index is 2.11. The highest BCUT2D eigenvalue weighted by atomic mass is 32.1. The second-order valence-corrected chi connectivity index (χ2v) is 5.96. The summed E-state index contributed by atoms with van der Waals surface area (Å²) in [5.74, 6) is 0. The van der Waals surface area contributed by atoms with E-state index in [4.69, 9.17) is 5.73 Å². The van der Waals surface area contributed by atoms with Crippen molar-refractivity contribution in [2.45, 2.75) is 39.4 Å². The van der Waals surface area contributed by atoms with Crippen LogP contribution in [0.1, 0.15) is 36.8 Å². The zero-order valence-corrected chi connectivity index (χ0v) is 13.1. The van der Waals surface area contributed by atoms with Crippen molar-refractivity contribution in [1.29, 1.82) is 0 Å². The first-order chi connectivity index (χ1) is 9.78. The number of rotatable bonds is 8. The Bertz CT molecular complexity index is 492. The Morgan fingerprint density at radius 1 is 1.45 bits per heavy atom. The zero-order chi connectivity index (χ0) is 14.4. The van der Waals surface area contributed by atoms with E-state index in [2.05, 4.69) is 47.6 Å². The second kappa shape index (κ2) is 7.57. The lowest BCUT2D eigenvalue weighted by molar-refractivity contribution is 0.205. The maximum atomic E-state index is 6.02. The van der Waals surface area contributed by atoms with Crippen molar-refractivity contribution in [1.82, 2.24) is 14.7 Å². The molecule has 0 aliphatic carbocycles. The molecular formula is C15H24N4S. The first-order valence-electron chi connectivity index (χ1n) is 7.27. The van der Waals surface area contributed by atoms with Gasteiger partial charge in [-0.05, 0) is 24.4 Å². The lowest BCUT2D eigenvalue weighted by Gasteiger charge is -2.28. The van der Waals surface area contributed by atoms with Crippen LogP contribution in [0.25, 0.3) is 0 Å². The van der Waals surface area contributed by atoms with E-state index < -0.39 is 0 Å². The number of nitrogens with two attached hydrogens (primary N) is 1. The maximum absolute atomic E-state index is 6.02. The van der Waals surface area contributed by atoms with Crippen LogP contribution in [0.4, 0.5) is 0 Å². The number of aromatic nitrogens is 2. The molecule has 0 radical (unpaired) electrons. The molecule has 2 N–H and O–H groups in total. The summed E-state index contributed by atoms with van der Waals surface area (Å²) in [7, 11) is 0. The normalized spacial score (nSPS) is 13.0. The van der Waals surface area contributed by atoms with Crippen molar-refractivity contribution < 1.29 is 0 Å². The number of hydrogen-bond acceptors (Lipinski definition) is 4. The van der Waals surface area contributed by atoms with E-state index in [1.807, 2.05) is 10.9 Å². The van der Waals surface area contributed by atoms with Crippen LogP contribution in [-0.2, 0) is 13.1 Å². The van der Waals surface area contributed by atoms with E-state index in [1.165, 1.54) is 10.4 Å². The molecule has 2 aromatic heterocycles. The quantitative estimate of drug-likeness (QED) is 0.814. The van der Waals surface area contributed by atoms with Gasteiger partial charge in [-0.3, -0.25) is 9.58 Å². The number of hydrogen-bond donors (Lipinski definition) is 1. The molecule has 0 bridgehead atoms. The highest BCUT2D eigenvalue weighted by molar-refractivity contribution is 7.09. The molecule has 20 heavy (non-hydrogen) atoms. The van der Waals surface area contributed by atoms with Gasteiger partial charge in [0, 0.05) is 36.3 Å².